The fourth-order valence-corrected chi connectivity index (χ4v) is 14.9. The first-order valence-corrected chi connectivity index (χ1v) is 20.5. The zero-order valence-corrected chi connectivity index (χ0v) is 28.7. The molecular formula is C42H34N2SSi2. The van der Waals surface area contributed by atoms with Gasteiger partial charge in [-0.15, -0.1) is 11.3 Å². The Labute approximate surface area is 283 Å². The van der Waals surface area contributed by atoms with Crippen LogP contribution in [0.3, 0.4) is 0 Å². The maximum atomic E-state index is 5.59. The minimum absolute atomic E-state index is 1.11. The van der Waals surface area contributed by atoms with Gasteiger partial charge in [-0.3, -0.25) is 0 Å². The molecule has 0 fully saturated rings. The van der Waals surface area contributed by atoms with Crippen molar-refractivity contribution in [3.05, 3.63) is 204 Å². The van der Waals surface area contributed by atoms with E-state index in [1.165, 1.54) is 31.1 Å². The molecule has 0 atom stereocenters. The molecular weight excluding hydrogens is 621 g/mol. The topological polar surface area (TPSA) is 24.7 Å². The standard InChI is InChI=1S/C42H34N2SSi2/c1-7-19-37(20-8-1)46(38-21-9-2-10-22-38,39-23-11-3-12-24-39)43-33-35-31-32-36(45-35)34-44-47(40-25-13-4-14-26-40,41-27-15-5-16-28-41)42-29-17-6-18-30-42/h1-34H/b43-33-,44-34?. The van der Waals surface area contributed by atoms with Crippen molar-refractivity contribution in [1.82, 2.24) is 0 Å². The van der Waals surface area contributed by atoms with E-state index < -0.39 is 16.5 Å². The van der Waals surface area contributed by atoms with Gasteiger partial charge in [0.05, 0.1) is 0 Å². The Morgan fingerprint density at radius 1 is 0.298 bits per heavy atom. The third-order valence-electron chi connectivity index (χ3n) is 8.57. The van der Waals surface area contributed by atoms with Crippen molar-refractivity contribution in [2.24, 2.45) is 9.32 Å². The molecule has 0 unspecified atom stereocenters. The summed E-state index contributed by atoms with van der Waals surface area (Å²) in [5.41, 5.74) is 0. The lowest BCUT2D eigenvalue weighted by Gasteiger charge is -2.29. The number of nitrogens with zero attached hydrogens (tertiary/aromatic N) is 2. The maximum Gasteiger partial charge on any atom is 0.273 e. The minimum Gasteiger partial charge on any atom is -0.310 e. The van der Waals surface area contributed by atoms with Gasteiger partial charge >= 0.3 is 0 Å². The van der Waals surface area contributed by atoms with Gasteiger partial charge in [0.2, 0.25) is 0 Å². The van der Waals surface area contributed by atoms with Gasteiger partial charge in [0, 0.05) is 22.2 Å². The summed E-state index contributed by atoms with van der Waals surface area (Å²) in [4.78, 5) is 2.22. The molecule has 7 aromatic rings. The summed E-state index contributed by atoms with van der Waals surface area (Å²) in [6, 6.07) is 69.1. The van der Waals surface area contributed by atoms with E-state index in [0.717, 1.165) is 9.75 Å². The van der Waals surface area contributed by atoms with Crippen LogP contribution in [-0.2, 0) is 0 Å². The van der Waals surface area contributed by atoms with Gasteiger partial charge in [0.15, 0.2) is 0 Å². The van der Waals surface area contributed by atoms with Gasteiger partial charge in [0.1, 0.15) is 0 Å². The fourth-order valence-electron chi connectivity index (χ4n) is 6.35. The predicted molar refractivity (Wildman–Crippen MR) is 207 cm³/mol. The van der Waals surface area contributed by atoms with E-state index in [4.69, 9.17) is 9.32 Å². The van der Waals surface area contributed by atoms with Crippen LogP contribution in [0.1, 0.15) is 9.75 Å². The molecule has 47 heavy (non-hydrogen) atoms. The van der Waals surface area contributed by atoms with Crippen LogP contribution in [-0.4, -0.2) is 28.9 Å². The van der Waals surface area contributed by atoms with E-state index in [1.807, 2.05) is 0 Å². The minimum atomic E-state index is -2.73. The monoisotopic (exact) mass is 654 g/mol. The highest BCUT2D eigenvalue weighted by Gasteiger charge is 2.40. The van der Waals surface area contributed by atoms with Crippen LogP contribution >= 0.6 is 11.3 Å². The molecule has 0 saturated heterocycles. The maximum absolute atomic E-state index is 5.59. The third-order valence-corrected chi connectivity index (χ3v) is 17.6. The molecule has 5 heteroatoms. The second kappa shape index (κ2) is 14.1. The molecule has 0 saturated carbocycles. The Bertz CT molecular complexity index is 1720. The van der Waals surface area contributed by atoms with Crippen molar-refractivity contribution in [2.75, 3.05) is 0 Å². The van der Waals surface area contributed by atoms with E-state index in [0.29, 0.717) is 0 Å². The number of hydrogen-bond acceptors (Lipinski definition) is 3. The van der Waals surface area contributed by atoms with Gasteiger partial charge in [0.25, 0.3) is 16.5 Å². The van der Waals surface area contributed by atoms with Crippen LogP contribution in [0.15, 0.2) is 203 Å². The van der Waals surface area contributed by atoms with Crippen molar-refractivity contribution in [3.63, 3.8) is 0 Å². The first-order valence-electron chi connectivity index (χ1n) is 15.8. The first kappa shape index (κ1) is 30.4. The number of rotatable bonds is 10. The summed E-state index contributed by atoms with van der Waals surface area (Å²) in [7, 11) is -5.46. The van der Waals surface area contributed by atoms with Crippen molar-refractivity contribution >= 4 is 71.4 Å². The highest BCUT2D eigenvalue weighted by atomic mass is 32.1. The van der Waals surface area contributed by atoms with Gasteiger partial charge < -0.3 is 9.32 Å². The predicted octanol–water partition coefficient (Wildman–Crippen LogP) is 5.92. The average molecular weight is 655 g/mol. The molecule has 0 spiro atoms. The molecule has 7 rings (SSSR count). The van der Waals surface area contributed by atoms with Crippen molar-refractivity contribution in [3.8, 4) is 0 Å². The van der Waals surface area contributed by atoms with E-state index in [1.54, 1.807) is 11.3 Å². The molecule has 1 heterocycles. The van der Waals surface area contributed by atoms with E-state index in [2.05, 4.69) is 207 Å². The largest absolute Gasteiger partial charge is 0.310 e. The molecule has 0 amide bonds. The third kappa shape index (κ3) is 6.16. The van der Waals surface area contributed by atoms with Crippen molar-refractivity contribution < 1.29 is 0 Å². The highest BCUT2D eigenvalue weighted by molar-refractivity contribution is 7.16. The summed E-state index contributed by atoms with van der Waals surface area (Å²) in [6.45, 7) is 0. The summed E-state index contributed by atoms with van der Waals surface area (Å²) >= 11 is 1.73. The summed E-state index contributed by atoms with van der Waals surface area (Å²) in [5, 5.41) is 7.56. The van der Waals surface area contributed by atoms with Crippen LogP contribution in [0.25, 0.3) is 0 Å². The lowest BCUT2D eigenvalue weighted by atomic mass is 10.3. The lowest BCUT2D eigenvalue weighted by Crippen LogP contribution is -2.66. The second-order valence-corrected chi connectivity index (χ2v) is 19.3. The molecule has 0 aliphatic heterocycles. The van der Waals surface area contributed by atoms with E-state index in [-0.39, 0.29) is 0 Å². The molecule has 0 aliphatic carbocycles. The van der Waals surface area contributed by atoms with Crippen LogP contribution in [0, 0.1) is 0 Å². The van der Waals surface area contributed by atoms with Gasteiger partial charge in [-0.05, 0) is 43.3 Å². The molecule has 226 valence electrons. The average Bonchev–Trinajstić information content (AvgIpc) is 3.63. The van der Waals surface area contributed by atoms with Gasteiger partial charge in [-0.2, -0.15) is 0 Å². The first-order chi connectivity index (χ1) is 23.3. The fraction of sp³-hybridized carbons (Fsp3) is 0. The molecule has 0 radical (unpaired) electrons. The summed E-state index contributed by atoms with van der Waals surface area (Å²) < 4.78 is 11.2. The second-order valence-electron chi connectivity index (χ2n) is 11.4. The van der Waals surface area contributed by atoms with Crippen molar-refractivity contribution in [2.45, 2.75) is 0 Å². The highest BCUT2D eigenvalue weighted by Crippen LogP contribution is 2.17. The number of benzene rings is 6. The molecule has 2 nitrogen and oxygen atoms in total. The molecule has 1 aromatic heterocycles. The zero-order chi connectivity index (χ0) is 31.8. The summed E-state index contributed by atoms with van der Waals surface area (Å²) in [6.07, 6.45) is 4.19. The Balaban J connectivity index is 1.32. The smallest absolute Gasteiger partial charge is 0.273 e. The number of thiophene rings is 1. The van der Waals surface area contributed by atoms with E-state index >= 15 is 0 Å². The molecule has 0 N–H and O–H groups in total. The Morgan fingerprint density at radius 2 is 0.511 bits per heavy atom. The van der Waals surface area contributed by atoms with E-state index in [9.17, 15) is 0 Å². The van der Waals surface area contributed by atoms with Crippen molar-refractivity contribution in [1.29, 1.82) is 0 Å². The SMILES string of the molecule is C(=N[Si](c1ccccc1)(c1ccccc1)c1ccccc1)c1ccc(/C=N\[Si](c2ccccc2)(c2ccccc2)c2ccccc2)s1. The van der Waals surface area contributed by atoms with Crippen LogP contribution in [0.2, 0.25) is 0 Å². The van der Waals surface area contributed by atoms with Crippen LogP contribution in [0.5, 0.6) is 0 Å². The Morgan fingerprint density at radius 3 is 0.723 bits per heavy atom. The lowest BCUT2D eigenvalue weighted by molar-refractivity contribution is 1.61. The Hall–Kier alpha value is -5.21. The molecule has 0 bridgehead atoms. The summed E-state index contributed by atoms with van der Waals surface area (Å²) in [5.74, 6) is 0. The number of hydrogen-bond donors (Lipinski definition) is 0. The van der Waals surface area contributed by atoms with Crippen LogP contribution in [0.4, 0.5) is 0 Å². The van der Waals surface area contributed by atoms with Gasteiger partial charge in [-0.1, -0.05) is 182 Å². The molecule has 0 aliphatic rings. The normalized spacial score (nSPS) is 12.1. The zero-order valence-electron chi connectivity index (χ0n) is 25.9. The van der Waals surface area contributed by atoms with Gasteiger partial charge in [-0.25, -0.2) is 0 Å². The Kier molecular flexibility index (Phi) is 9.11. The quantitative estimate of drug-likeness (QED) is 0.0995. The van der Waals surface area contributed by atoms with Crippen LogP contribution < -0.4 is 31.1 Å². The molecule has 6 aromatic carbocycles.